The van der Waals surface area contributed by atoms with Crippen LogP contribution in [0.25, 0.3) is 0 Å². The predicted octanol–water partition coefficient (Wildman–Crippen LogP) is 0.672. The van der Waals surface area contributed by atoms with E-state index in [0.29, 0.717) is 26.0 Å². The molecule has 2 amide bonds. The summed E-state index contributed by atoms with van der Waals surface area (Å²) in [6, 6.07) is 10.0. The second kappa shape index (κ2) is 8.26. The number of hydrogen-bond donors (Lipinski definition) is 2. The molecule has 2 saturated heterocycles. The van der Waals surface area contributed by atoms with Crippen LogP contribution in [0.4, 0.5) is 0 Å². The molecule has 2 aliphatic heterocycles. The zero-order valence-electron chi connectivity index (χ0n) is 13.9. The molecule has 6 heteroatoms. The molecule has 2 N–H and O–H groups in total. The molecule has 2 atom stereocenters. The number of ether oxygens (including phenoxy) is 1. The molecule has 0 saturated carbocycles. The molecule has 130 valence electrons. The van der Waals surface area contributed by atoms with Gasteiger partial charge in [0.1, 0.15) is 6.04 Å². The van der Waals surface area contributed by atoms with Crippen molar-refractivity contribution < 1.29 is 14.3 Å². The van der Waals surface area contributed by atoms with Gasteiger partial charge in [0.25, 0.3) is 0 Å². The molecule has 6 nitrogen and oxygen atoms in total. The van der Waals surface area contributed by atoms with E-state index in [4.69, 9.17) is 4.74 Å². The van der Waals surface area contributed by atoms with Crippen LogP contribution in [-0.2, 0) is 20.9 Å². The van der Waals surface area contributed by atoms with Crippen molar-refractivity contribution in [2.24, 2.45) is 0 Å². The number of hydrogen-bond acceptors (Lipinski definition) is 4. The second-order valence-corrected chi connectivity index (χ2v) is 6.47. The fourth-order valence-corrected chi connectivity index (χ4v) is 3.23. The number of rotatable bonds is 5. The lowest BCUT2D eigenvalue weighted by atomic mass is 10.2. The summed E-state index contributed by atoms with van der Waals surface area (Å²) in [5.41, 5.74) is 1.29. The van der Waals surface area contributed by atoms with Crippen molar-refractivity contribution in [3.8, 4) is 0 Å². The molecular formula is C18H25N3O3. The van der Waals surface area contributed by atoms with Crippen LogP contribution in [0.5, 0.6) is 0 Å². The first-order valence-electron chi connectivity index (χ1n) is 8.65. The van der Waals surface area contributed by atoms with E-state index in [9.17, 15) is 9.59 Å². The quantitative estimate of drug-likeness (QED) is 0.832. The van der Waals surface area contributed by atoms with Gasteiger partial charge in [0.15, 0.2) is 0 Å². The highest BCUT2D eigenvalue weighted by atomic mass is 16.5. The zero-order valence-corrected chi connectivity index (χ0v) is 13.9. The number of nitrogens with one attached hydrogen (secondary N) is 2. The largest absolute Gasteiger partial charge is 0.375 e. The highest BCUT2D eigenvalue weighted by Gasteiger charge is 2.28. The number of benzene rings is 1. The highest BCUT2D eigenvalue weighted by Crippen LogP contribution is 2.11. The van der Waals surface area contributed by atoms with Gasteiger partial charge in [-0.25, -0.2) is 0 Å². The van der Waals surface area contributed by atoms with Crippen molar-refractivity contribution in [2.45, 2.75) is 38.0 Å². The summed E-state index contributed by atoms with van der Waals surface area (Å²) in [6.45, 7) is 3.89. The van der Waals surface area contributed by atoms with Crippen molar-refractivity contribution in [3.05, 3.63) is 35.9 Å². The van der Waals surface area contributed by atoms with Crippen molar-refractivity contribution in [3.63, 3.8) is 0 Å². The van der Waals surface area contributed by atoms with Gasteiger partial charge in [0, 0.05) is 39.2 Å². The van der Waals surface area contributed by atoms with Crippen molar-refractivity contribution in [2.75, 3.05) is 26.2 Å². The maximum atomic E-state index is 12.1. The standard InChI is InChI=1S/C18H25N3O3/c22-17-8-7-16(20-17)18(23)19-11-15-13-21(9-4-10-24-15)12-14-5-2-1-3-6-14/h1-3,5-6,15-16H,4,7-13H2,(H,19,23)(H,20,22)/t15?,16-/m1/s1. The fourth-order valence-electron chi connectivity index (χ4n) is 3.23. The SMILES string of the molecule is O=C1CC[C@H](C(=O)NCC2CN(Cc3ccccc3)CCCO2)N1. The Morgan fingerprint density at radius 3 is 2.92 bits per heavy atom. The van der Waals surface area contributed by atoms with Gasteiger partial charge < -0.3 is 15.4 Å². The first-order valence-corrected chi connectivity index (χ1v) is 8.65. The predicted molar refractivity (Wildman–Crippen MR) is 90.3 cm³/mol. The van der Waals surface area contributed by atoms with Gasteiger partial charge >= 0.3 is 0 Å². The van der Waals surface area contributed by atoms with E-state index < -0.39 is 0 Å². The van der Waals surface area contributed by atoms with E-state index in [0.717, 1.165) is 26.1 Å². The van der Waals surface area contributed by atoms with Crippen LogP contribution in [-0.4, -0.2) is 55.1 Å². The molecule has 0 radical (unpaired) electrons. The Labute approximate surface area is 142 Å². The van der Waals surface area contributed by atoms with Gasteiger partial charge in [0.05, 0.1) is 6.10 Å². The summed E-state index contributed by atoms with van der Waals surface area (Å²) in [7, 11) is 0. The van der Waals surface area contributed by atoms with Gasteiger partial charge in [-0.2, -0.15) is 0 Å². The molecule has 0 aliphatic carbocycles. The van der Waals surface area contributed by atoms with Gasteiger partial charge in [-0.05, 0) is 18.4 Å². The topological polar surface area (TPSA) is 70.7 Å². The summed E-state index contributed by atoms with van der Waals surface area (Å²) in [5, 5.41) is 5.61. The van der Waals surface area contributed by atoms with Gasteiger partial charge in [0.2, 0.25) is 11.8 Å². The average Bonchev–Trinajstić information content (AvgIpc) is 2.90. The van der Waals surface area contributed by atoms with Crippen LogP contribution in [0.15, 0.2) is 30.3 Å². The first-order chi connectivity index (χ1) is 11.7. The summed E-state index contributed by atoms with van der Waals surface area (Å²) < 4.78 is 5.86. The molecule has 2 heterocycles. The molecular weight excluding hydrogens is 306 g/mol. The first kappa shape index (κ1) is 16.9. The van der Waals surface area contributed by atoms with Crippen molar-refractivity contribution >= 4 is 11.8 Å². The second-order valence-electron chi connectivity index (χ2n) is 6.47. The minimum absolute atomic E-state index is 0.0164. The Kier molecular flexibility index (Phi) is 5.82. The molecule has 0 spiro atoms. The molecule has 3 rings (SSSR count). The van der Waals surface area contributed by atoms with Crippen LogP contribution in [0.2, 0.25) is 0 Å². The molecule has 1 unspecified atom stereocenters. The molecule has 2 fully saturated rings. The highest BCUT2D eigenvalue weighted by molar-refractivity contribution is 5.90. The smallest absolute Gasteiger partial charge is 0.242 e. The van der Waals surface area contributed by atoms with Crippen LogP contribution >= 0.6 is 0 Å². The molecule has 0 bridgehead atoms. The Morgan fingerprint density at radius 1 is 1.33 bits per heavy atom. The average molecular weight is 331 g/mol. The van der Waals surface area contributed by atoms with Gasteiger partial charge in [-0.1, -0.05) is 30.3 Å². The maximum Gasteiger partial charge on any atom is 0.242 e. The third-order valence-corrected chi connectivity index (χ3v) is 4.50. The Bertz CT molecular complexity index is 564. The lowest BCUT2D eigenvalue weighted by Gasteiger charge is -2.24. The van der Waals surface area contributed by atoms with E-state index >= 15 is 0 Å². The number of amides is 2. The minimum Gasteiger partial charge on any atom is -0.375 e. The Morgan fingerprint density at radius 2 is 2.17 bits per heavy atom. The molecule has 2 aliphatic rings. The van der Waals surface area contributed by atoms with Gasteiger partial charge in [-0.15, -0.1) is 0 Å². The lowest BCUT2D eigenvalue weighted by Crippen LogP contribution is -2.46. The third-order valence-electron chi connectivity index (χ3n) is 4.50. The Balaban J connectivity index is 1.48. The number of carbonyl (C=O) groups is 2. The summed E-state index contributed by atoms with van der Waals surface area (Å²) in [4.78, 5) is 25.7. The molecule has 1 aromatic carbocycles. The summed E-state index contributed by atoms with van der Waals surface area (Å²) in [5.74, 6) is -0.154. The van der Waals surface area contributed by atoms with E-state index in [1.54, 1.807) is 0 Å². The van der Waals surface area contributed by atoms with E-state index in [1.165, 1.54) is 5.56 Å². The minimum atomic E-state index is -0.385. The zero-order chi connectivity index (χ0) is 16.8. The van der Waals surface area contributed by atoms with E-state index in [2.05, 4.69) is 39.8 Å². The van der Waals surface area contributed by atoms with Crippen molar-refractivity contribution in [1.29, 1.82) is 0 Å². The Hall–Kier alpha value is -1.92. The molecule has 0 aromatic heterocycles. The molecule has 1 aromatic rings. The van der Waals surface area contributed by atoms with E-state index in [-0.39, 0.29) is 24.0 Å². The van der Waals surface area contributed by atoms with Gasteiger partial charge in [-0.3, -0.25) is 14.5 Å². The monoisotopic (exact) mass is 331 g/mol. The van der Waals surface area contributed by atoms with Crippen LogP contribution in [0.1, 0.15) is 24.8 Å². The summed E-state index contributed by atoms with van der Waals surface area (Å²) >= 11 is 0. The molecule has 24 heavy (non-hydrogen) atoms. The van der Waals surface area contributed by atoms with Crippen LogP contribution in [0.3, 0.4) is 0 Å². The van der Waals surface area contributed by atoms with E-state index in [1.807, 2.05) is 6.07 Å². The van der Waals surface area contributed by atoms with Crippen LogP contribution in [0, 0.1) is 0 Å². The summed E-state index contributed by atoms with van der Waals surface area (Å²) in [6.07, 6.45) is 1.99. The normalized spacial score (nSPS) is 25.1. The van der Waals surface area contributed by atoms with Crippen molar-refractivity contribution in [1.82, 2.24) is 15.5 Å². The number of carbonyl (C=O) groups excluding carboxylic acids is 2. The van der Waals surface area contributed by atoms with Crippen LogP contribution < -0.4 is 10.6 Å². The number of nitrogens with zero attached hydrogens (tertiary/aromatic N) is 1. The fraction of sp³-hybridized carbons (Fsp3) is 0.556. The third kappa shape index (κ3) is 4.79. The lowest BCUT2D eigenvalue weighted by molar-refractivity contribution is -0.126. The maximum absolute atomic E-state index is 12.1.